The Morgan fingerprint density at radius 3 is 2.27 bits per heavy atom. The lowest BCUT2D eigenvalue weighted by Gasteiger charge is -2.13. The van der Waals surface area contributed by atoms with Crippen molar-refractivity contribution in [3.8, 4) is 23.0 Å². The Labute approximate surface area is 190 Å². The van der Waals surface area contributed by atoms with Crippen LogP contribution in [-0.4, -0.2) is 39.8 Å². The Morgan fingerprint density at radius 2 is 1.67 bits per heavy atom. The highest BCUT2D eigenvalue weighted by atomic mass is 16.5. The van der Waals surface area contributed by atoms with Crippen LogP contribution < -0.4 is 29.9 Å². The Morgan fingerprint density at radius 1 is 0.970 bits per heavy atom. The van der Waals surface area contributed by atoms with Gasteiger partial charge in [-0.25, -0.2) is 9.59 Å². The fourth-order valence-corrected chi connectivity index (χ4v) is 3.15. The summed E-state index contributed by atoms with van der Waals surface area (Å²) in [6.07, 6.45) is 1.73. The Balaban J connectivity index is 1.85. The third-order valence-electron chi connectivity index (χ3n) is 4.88. The average Bonchev–Trinajstić information content (AvgIpc) is 2.82. The lowest BCUT2D eigenvalue weighted by molar-refractivity contribution is 0.0733. The molecule has 174 valence electrons. The maximum atomic E-state index is 12.7. The van der Waals surface area contributed by atoms with E-state index in [4.69, 9.17) is 23.4 Å². The van der Waals surface area contributed by atoms with E-state index in [2.05, 4.69) is 5.32 Å². The van der Waals surface area contributed by atoms with Crippen LogP contribution in [0.3, 0.4) is 0 Å². The van der Waals surface area contributed by atoms with Gasteiger partial charge in [-0.2, -0.15) is 0 Å². The smallest absolute Gasteiger partial charge is 0.349 e. The molecule has 0 saturated heterocycles. The first kappa shape index (κ1) is 23.6. The van der Waals surface area contributed by atoms with Crippen LogP contribution in [0.4, 0.5) is 0 Å². The first-order valence-corrected chi connectivity index (χ1v) is 10.3. The number of carbonyl (C=O) groups excluding carboxylic acids is 2. The van der Waals surface area contributed by atoms with Crippen molar-refractivity contribution in [1.82, 2.24) is 5.32 Å². The molecular formula is C24H25NO8. The molecule has 0 unspecified atom stereocenters. The molecule has 3 aromatic rings. The lowest BCUT2D eigenvalue weighted by Crippen LogP contribution is -2.28. The van der Waals surface area contributed by atoms with Gasteiger partial charge in [0, 0.05) is 18.0 Å². The van der Waals surface area contributed by atoms with Crippen LogP contribution >= 0.6 is 0 Å². The number of rotatable bonds is 9. The molecule has 0 aliphatic heterocycles. The van der Waals surface area contributed by atoms with Crippen LogP contribution in [0.5, 0.6) is 23.0 Å². The highest BCUT2D eigenvalue weighted by Crippen LogP contribution is 2.38. The molecule has 9 heteroatoms. The zero-order valence-electron chi connectivity index (χ0n) is 18.9. The van der Waals surface area contributed by atoms with Gasteiger partial charge in [0.15, 0.2) is 11.5 Å². The van der Waals surface area contributed by atoms with Crippen molar-refractivity contribution < 1.29 is 33.0 Å². The van der Waals surface area contributed by atoms with Crippen LogP contribution in [-0.2, 0) is 0 Å². The molecule has 0 saturated carbocycles. The number of unbranched alkanes of at least 4 members (excludes halogenated alkanes) is 1. The van der Waals surface area contributed by atoms with Gasteiger partial charge in [0.1, 0.15) is 16.9 Å². The molecule has 0 radical (unpaired) electrons. The summed E-state index contributed by atoms with van der Waals surface area (Å²) in [5.41, 5.74) is -0.504. The summed E-state index contributed by atoms with van der Waals surface area (Å²) in [5.74, 6) is -0.0564. The van der Waals surface area contributed by atoms with Crippen molar-refractivity contribution >= 4 is 22.8 Å². The number of methoxy groups -OCH3 is 3. The molecule has 0 atom stereocenters. The molecule has 1 heterocycles. The molecule has 0 aliphatic carbocycles. The normalized spacial score (nSPS) is 10.5. The maximum Gasteiger partial charge on any atom is 0.349 e. The summed E-state index contributed by atoms with van der Waals surface area (Å²) >= 11 is 0. The average molecular weight is 455 g/mol. The van der Waals surface area contributed by atoms with Crippen molar-refractivity contribution in [1.29, 1.82) is 0 Å². The van der Waals surface area contributed by atoms with Crippen molar-refractivity contribution in [3.05, 3.63) is 57.9 Å². The van der Waals surface area contributed by atoms with E-state index in [-0.39, 0.29) is 22.5 Å². The van der Waals surface area contributed by atoms with Crippen molar-refractivity contribution in [2.45, 2.75) is 19.8 Å². The largest absolute Gasteiger partial charge is 0.493 e. The zero-order valence-corrected chi connectivity index (χ0v) is 18.9. The van der Waals surface area contributed by atoms with Crippen LogP contribution in [0, 0.1) is 0 Å². The van der Waals surface area contributed by atoms with Crippen LogP contribution in [0.1, 0.15) is 40.5 Å². The molecular weight excluding hydrogens is 430 g/mol. The SMILES string of the molecule is CCCCNC(=O)c1cc2ccc(OC(=O)c3cc(OC)c(OC)c(OC)c3)cc2oc1=O. The summed E-state index contributed by atoms with van der Waals surface area (Å²) < 4.78 is 26.5. The first-order chi connectivity index (χ1) is 15.9. The molecule has 3 rings (SSSR count). The predicted octanol–water partition coefficient (Wildman–Crippen LogP) is 3.57. The zero-order chi connectivity index (χ0) is 24.0. The molecule has 1 N–H and O–H groups in total. The van der Waals surface area contributed by atoms with E-state index in [0.29, 0.717) is 29.2 Å². The van der Waals surface area contributed by atoms with E-state index in [1.165, 1.54) is 51.7 Å². The lowest BCUT2D eigenvalue weighted by atomic mass is 10.1. The number of hydrogen-bond acceptors (Lipinski definition) is 8. The molecule has 2 aromatic carbocycles. The molecule has 33 heavy (non-hydrogen) atoms. The molecule has 0 bridgehead atoms. The van der Waals surface area contributed by atoms with Gasteiger partial charge in [0.25, 0.3) is 5.91 Å². The van der Waals surface area contributed by atoms with Crippen LogP contribution in [0.25, 0.3) is 11.0 Å². The minimum atomic E-state index is -0.774. The number of nitrogens with one attached hydrogen (secondary N) is 1. The Kier molecular flexibility index (Phi) is 7.55. The van der Waals surface area contributed by atoms with Gasteiger partial charge in [-0.1, -0.05) is 13.3 Å². The number of amides is 1. The van der Waals surface area contributed by atoms with E-state index in [0.717, 1.165) is 12.8 Å². The predicted molar refractivity (Wildman–Crippen MR) is 121 cm³/mol. The van der Waals surface area contributed by atoms with Gasteiger partial charge >= 0.3 is 11.6 Å². The summed E-state index contributed by atoms with van der Waals surface area (Å²) in [5, 5.41) is 3.21. The minimum Gasteiger partial charge on any atom is -0.493 e. The number of ether oxygens (including phenoxy) is 4. The molecule has 1 amide bonds. The fraction of sp³-hybridized carbons (Fsp3) is 0.292. The monoisotopic (exact) mass is 455 g/mol. The number of fused-ring (bicyclic) bond motifs is 1. The summed E-state index contributed by atoms with van der Waals surface area (Å²) in [7, 11) is 4.34. The number of carbonyl (C=O) groups is 2. The number of esters is 1. The minimum absolute atomic E-state index is 0.0826. The molecule has 0 aliphatic rings. The van der Waals surface area contributed by atoms with Crippen molar-refractivity contribution in [2.75, 3.05) is 27.9 Å². The van der Waals surface area contributed by atoms with Crippen molar-refractivity contribution in [3.63, 3.8) is 0 Å². The first-order valence-electron chi connectivity index (χ1n) is 10.3. The fourth-order valence-electron chi connectivity index (χ4n) is 3.15. The van der Waals surface area contributed by atoms with E-state index < -0.39 is 17.5 Å². The van der Waals surface area contributed by atoms with Gasteiger partial charge in [-0.05, 0) is 36.8 Å². The van der Waals surface area contributed by atoms with Gasteiger partial charge in [-0.3, -0.25) is 4.79 Å². The van der Waals surface area contributed by atoms with Gasteiger partial charge in [0.2, 0.25) is 5.75 Å². The highest BCUT2D eigenvalue weighted by Gasteiger charge is 2.19. The van der Waals surface area contributed by atoms with Gasteiger partial charge in [-0.15, -0.1) is 0 Å². The molecule has 0 fully saturated rings. The van der Waals surface area contributed by atoms with Crippen LogP contribution in [0.15, 0.2) is 45.6 Å². The van der Waals surface area contributed by atoms with Gasteiger partial charge in [0.05, 0.1) is 26.9 Å². The van der Waals surface area contributed by atoms with E-state index in [1.807, 2.05) is 6.92 Å². The maximum absolute atomic E-state index is 12.7. The standard InChI is InChI=1S/C24H25NO8/c1-5-6-9-25-22(26)17-10-14-7-8-16(13-18(14)33-24(17)28)32-23(27)15-11-19(29-2)21(31-4)20(12-15)30-3/h7-8,10-13H,5-6,9H2,1-4H3,(H,25,26). The van der Waals surface area contributed by atoms with E-state index >= 15 is 0 Å². The van der Waals surface area contributed by atoms with Crippen molar-refractivity contribution in [2.24, 2.45) is 0 Å². The second-order valence-corrected chi connectivity index (χ2v) is 7.06. The highest BCUT2D eigenvalue weighted by molar-refractivity contribution is 5.97. The quantitative estimate of drug-likeness (QED) is 0.226. The second kappa shape index (κ2) is 10.5. The second-order valence-electron chi connectivity index (χ2n) is 7.06. The van der Waals surface area contributed by atoms with Crippen LogP contribution in [0.2, 0.25) is 0 Å². The molecule has 1 aromatic heterocycles. The molecule has 9 nitrogen and oxygen atoms in total. The topological polar surface area (TPSA) is 113 Å². The third kappa shape index (κ3) is 5.25. The Hall–Kier alpha value is -4.01. The summed E-state index contributed by atoms with van der Waals surface area (Å²) in [4.78, 5) is 37.2. The van der Waals surface area contributed by atoms with Gasteiger partial charge < -0.3 is 28.7 Å². The Bertz CT molecular complexity index is 1210. The third-order valence-corrected chi connectivity index (χ3v) is 4.88. The molecule has 0 spiro atoms. The number of hydrogen-bond donors (Lipinski definition) is 1. The number of benzene rings is 2. The summed E-state index contributed by atoms with van der Waals surface area (Å²) in [6.45, 7) is 2.48. The summed E-state index contributed by atoms with van der Waals surface area (Å²) in [6, 6.07) is 8.93. The van der Waals surface area contributed by atoms with E-state index in [1.54, 1.807) is 6.07 Å². The van der Waals surface area contributed by atoms with E-state index in [9.17, 15) is 14.4 Å².